The zero-order chi connectivity index (χ0) is 23.8. The van der Waals surface area contributed by atoms with E-state index in [0.29, 0.717) is 11.5 Å². The van der Waals surface area contributed by atoms with Crippen LogP contribution in [0.4, 0.5) is 5.82 Å². The van der Waals surface area contributed by atoms with Gasteiger partial charge in [-0.2, -0.15) is 0 Å². The molecular weight excluding hydrogens is 438 g/mol. The first-order valence-corrected chi connectivity index (χ1v) is 12.1. The second-order valence-corrected chi connectivity index (χ2v) is 10.6. The monoisotopic (exact) mass is 465 g/mol. The predicted octanol–water partition coefficient (Wildman–Crippen LogP) is 3.99. The van der Waals surface area contributed by atoms with Gasteiger partial charge in [-0.05, 0) is 61.2 Å². The Kier molecular flexibility index (Phi) is 5.99. The lowest BCUT2D eigenvalue weighted by Gasteiger charge is -2.17. The molecule has 1 heterocycles. The molecule has 1 N–H and O–H groups in total. The fraction of sp³-hybridized carbons (Fsp3) is 0.280. The van der Waals surface area contributed by atoms with Gasteiger partial charge in [0.2, 0.25) is 15.9 Å². The number of carbonyl (C=O) groups excluding carboxylic acids is 1. The number of sulfonamides is 1. The van der Waals surface area contributed by atoms with E-state index in [9.17, 15) is 13.2 Å². The zero-order valence-electron chi connectivity index (χ0n) is 19.1. The van der Waals surface area contributed by atoms with Gasteiger partial charge in [0, 0.05) is 19.7 Å². The summed E-state index contributed by atoms with van der Waals surface area (Å²) in [6.45, 7) is 1.93. The van der Waals surface area contributed by atoms with Gasteiger partial charge in [0.05, 0.1) is 23.1 Å². The molecule has 33 heavy (non-hydrogen) atoms. The Labute approximate surface area is 194 Å². The van der Waals surface area contributed by atoms with Crippen molar-refractivity contribution in [3.63, 3.8) is 0 Å². The Hall–Kier alpha value is -3.23. The normalized spacial score (nSPS) is 14.7. The first-order valence-electron chi connectivity index (χ1n) is 10.6. The molecule has 0 radical (unpaired) electrons. The van der Waals surface area contributed by atoms with E-state index in [1.807, 2.05) is 37.3 Å². The van der Waals surface area contributed by atoms with Gasteiger partial charge in [0.1, 0.15) is 11.6 Å². The third kappa shape index (κ3) is 4.36. The quantitative estimate of drug-likeness (QED) is 0.570. The number of pyridine rings is 1. The molecule has 1 aromatic heterocycles. The van der Waals surface area contributed by atoms with Crippen molar-refractivity contribution in [2.24, 2.45) is 0 Å². The maximum absolute atomic E-state index is 13.1. The summed E-state index contributed by atoms with van der Waals surface area (Å²) >= 11 is 0. The van der Waals surface area contributed by atoms with Crippen molar-refractivity contribution in [2.45, 2.75) is 30.1 Å². The Balaban J connectivity index is 1.57. The molecule has 0 saturated heterocycles. The highest BCUT2D eigenvalue weighted by molar-refractivity contribution is 7.89. The molecule has 2 aromatic carbocycles. The summed E-state index contributed by atoms with van der Waals surface area (Å²) in [5.41, 5.74) is 2.81. The van der Waals surface area contributed by atoms with Crippen LogP contribution in [0.15, 0.2) is 65.6 Å². The molecule has 0 spiro atoms. The minimum atomic E-state index is -3.50. The fourth-order valence-corrected chi connectivity index (χ4v) is 4.71. The van der Waals surface area contributed by atoms with Crippen LogP contribution in [0.1, 0.15) is 24.0 Å². The summed E-state index contributed by atoms with van der Waals surface area (Å²) in [6, 6.07) is 17.9. The van der Waals surface area contributed by atoms with Gasteiger partial charge in [-0.15, -0.1) is 0 Å². The molecule has 8 heteroatoms. The summed E-state index contributed by atoms with van der Waals surface area (Å²) in [6.07, 6.45) is 1.57. The van der Waals surface area contributed by atoms with E-state index in [4.69, 9.17) is 4.74 Å². The number of hydrogen-bond acceptors (Lipinski definition) is 5. The van der Waals surface area contributed by atoms with E-state index in [1.165, 1.54) is 18.4 Å². The molecule has 0 aliphatic heterocycles. The second kappa shape index (κ2) is 8.61. The number of aryl methyl sites for hydroxylation is 1. The highest BCUT2D eigenvalue weighted by Gasteiger charge is 2.51. The van der Waals surface area contributed by atoms with E-state index in [-0.39, 0.29) is 10.8 Å². The summed E-state index contributed by atoms with van der Waals surface area (Å²) in [5, 5.41) is 2.98. The van der Waals surface area contributed by atoms with Crippen molar-refractivity contribution in [3.05, 3.63) is 71.8 Å². The lowest BCUT2D eigenvalue weighted by Crippen LogP contribution is -2.28. The first-order chi connectivity index (χ1) is 15.7. The number of methoxy groups -OCH3 is 1. The third-order valence-electron chi connectivity index (χ3n) is 6.07. The van der Waals surface area contributed by atoms with Crippen LogP contribution in [0, 0.1) is 6.92 Å². The van der Waals surface area contributed by atoms with Crippen molar-refractivity contribution in [1.82, 2.24) is 9.29 Å². The standard InChI is InChI=1S/C25H27N3O4S/c1-17-5-14-22(26-23(17)18-6-12-21(13-7-18)33(30,31)28(2)3)27-24(29)25(15-16-25)19-8-10-20(32-4)11-9-19/h5-14H,15-16H2,1-4H3,(H,26,27,29). The molecule has 172 valence electrons. The number of hydrogen-bond donors (Lipinski definition) is 1. The summed E-state index contributed by atoms with van der Waals surface area (Å²) in [7, 11) is 1.11. The summed E-state index contributed by atoms with van der Waals surface area (Å²) in [5.74, 6) is 1.14. The van der Waals surface area contributed by atoms with Gasteiger partial charge < -0.3 is 10.1 Å². The SMILES string of the molecule is COc1ccc(C2(C(=O)Nc3ccc(C)c(-c4ccc(S(=O)(=O)N(C)C)cc4)n3)CC2)cc1. The van der Waals surface area contributed by atoms with Gasteiger partial charge in [-0.1, -0.05) is 30.3 Å². The van der Waals surface area contributed by atoms with Crippen LogP contribution in [-0.4, -0.2) is 44.8 Å². The number of nitrogens with one attached hydrogen (secondary N) is 1. The molecule has 0 bridgehead atoms. The number of rotatable bonds is 7. The molecule has 1 aliphatic rings. The number of nitrogens with zero attached hydrogens (tertiary/aromatic N) is 2. The average Bonchev–Trinajstić information content (AvgIpc) is 3.62. The number of amides is 1. The van der Waals surface area contributed by atoms with Crippen molar-refractivity contribution in [1.29, 1.82) is 0 Å². The third-order valence-corrected chi connectivity index (χ3v) is 7.90. The van der Waals surface area contributed by atoms with Gasteiger partial charge in [-0.3, -0.25) is 4.79 Å². The zero-order valence-corrected chi connectivity index (χ0v) is 19.9. The van der Waals surface area contributed by atoms with Crippen LogP contribution in [-0.2, 0) is 20.2 Å². The number of aromatic nitrogens is 1. The number of anilines is 1. The van der Waals surface area contributed by atoms with Crippen LogP contribution in [0.2, 0.25) is 0 Å². The van der Waals surface area contributed by atoms with Crippen LogP contribution in [0.5, 0.6) is 5.75 Å². The van der Waals surface area contributed by atoms with Crippen LogP contribution in [0.25, 0.3) is 11.3 Å². The lowest BCUT2D eigenvalue weighted by molar-refractivity contribution is -0.118. The fourth-order valence-electron chi connectivity index (χ4n) is 3.80. The Morgan fingerprint density at radius 1 is 1.00 bits per heavy atom. The topological polar surface area (TPSA) is 88.6 Å². The molecule has 4 rings (SSSR count). The van der Waals surface area contributed by atoms with Gasteiger partial charge in [0.25, 0.3) is 0 Å². The molecule has 1 fully saturated rings. The van der Waals surface area contributed by atoms with Gasteiger partial charge in [-0.25, -0.2) is 17.7 Å². The van der Waals surface area contributed by atoms with Crippen molar-refractivity contribution < 1.29 is 17.9 Å². The Morgan fingerprint density at radius 3 is 2.18 bits per heavy atom. The lowest BCUT2D eigenvalue weighted by atomic mass is 9.95. The largest absolute Gasteiger partial charge is 0.497 e. The smallest absolute Gasteiger partial charge is 0.242 e. The Bertz CT molecular complexity index is 1280. The molecule has 0 atom stereocenters. The molecule has 7 nitrogen and oxygen atoms in total. The maximum atomic E-state index is 13.1. The van der Waals surface area contributed by atoms with Gasteiger partial charge >= 0.3 is 0 Å². The van der Waals surface area contributed by atoms with E-state index in [0.717, 1.165) is 35.3 Å². The average molecular weight is 466 g/mol. The molecule has 1 saturated carbocycles. The molecule has 0 unspecified atom stereocenters. The van der Waals surface area contributed by atoms with E-state index in [2.05, 4.69) is 10.3 Å². The van der Waals surface area contributed by atoms with Crippen LogP contribution >= 0.6 is 0 Å². The molecule has 3 aromatic rings. The molecular formula is C25H27N3O4S. The number of benzene rings is 2. The van der Waals surface area contributed by atoms with Gasteiger partial charge in [0.15, 0.2) is 0 Å². The number of carbonyl (C=O) groups is 1. The van der Waals surface area contributed by atoms with E-state index >= 15 is 0 Å². The maximum Gasteiger partial charge on any atom is 0.242 e. The predicted molar refractivity (Wildman–Crippen MR) is 128 cm³/mol. The minimum absolute atomic E-state index is 0.0811. The summed E-state index contributed by atoms with van der Waals surface area (Å²) in [4.78, 5) is 18.0. The second-order valence-electron chi connectivity index (χ2n) is 8.44. The van der Waals surface area contributed by atoms with Crippen molar-refractivity contribution in [3.8, 4) is 17.0 Å². The first kappa shape index (κ1) is 22.9. The van der Waals surface area contributed by atoms with Crippen molar-refractivity contribution >= 4 is 21.7 Å². The minimum Gasteiger partial charge on any atom is -0.497 e. The molecule has 1 amide bonds. The molecule has 1 aliphatic carbocycles. The highest BCUT2D eigenvalue weighted by atomic mass is 32.2. The summed E-state index contributed by atoms with van der Waals surface area (Å²) < 4.78 is 31.1. The van der Waals surface area contributed by atoms with E-state index in [1.54, 1.807) is 37.4 Å². The highest BCUT2D eigenvalue weighted by Crippen LogP contribution is 2.49. The Morgan fingerprint density at radius 2 is 1.64 bits per heavy atom. The van der Waals surface area contributed by atoms with E-state index < -0.39 is 15.4 Å². The van der Waals surface area contributed by atoms with Crippen LogP contribution in [0.3, 0.4) is 0 Å². The van der Waals surface area contributed by atoms with Crippen molar-refractivity contribution in [2.75, 3.05) is 26.5 Å². The van der Waals surface area contributed by atoms with Crippen LogP contribution < -0.4 is 10.1 Å². The number of ether oxygens (including phenoxy) is 1.